The van der Waals surface area contributed by atoms with Crippen molar-refractivity contribution in [2.24, 2.45) is 0 Å². The van der Waals surface area contributed by atoms with E-state index in [1.54, 1.807) is 0 Å². The lowest BCUT2D eigenvalue weighted by Crippen LogP contribution is -2.15. The Morgan fingerprint density at radius 3 is 2.81 bits per heavy atom. The molecular formula is C13H13ClN4O2S. The maximum Gasteiger partial charge on any atom is 0.228 e. The first kappa shape index (κ1) is 14.2. The van der Waals surface area contributed by atoms with Gasteiger partial charge in [0.25, 0.3) is 0 Å². The highest BCUT2D eigenvalue weighted by molar-refractivity contribution is 7.99. The van der Waals surface area contributed by atoms with Crippen LogP contribution in [0.5, 0.6) is 11.5 Å². The number of benzene rings is 1. The van der Waals surface area contributed by atoms with Gasteiger partial charge in [0.15, 0.2) is 16.7 Å². The van der Waals surface area contributed by atoms with Crippen LogP contribution in [0.4, 0.5) is 5.95 Å². The normalized spacial score (nSPS) is 13.0. The van der Waals surface area contributed by atoms with E-state index in [0.717, 1.165) is 16.4 Å². The molecule has 21 heavy (non-hydrogen) atoms. The van der Waals surface area contributed by atoms with Gasteiger partial charge in [0.2, 0.25) is 11.2 Å². The van der Waals surface area contributed by atoms with Crippen LogP contribution in [-0.2, 0) is 0 Å². The quantitative estimate of drug-likeness (QED) is 0.927. The number of nitrogens with zero attached hydrogens (tertiary/aromatic N) is 3. The number of nitrogens with one attached hydrogen (secondary N) is 1. The minimum atomic E-state index is 0.168. The van der Waals surface area contributed by atoms with Crippen molar-refractivity contribution in [2.45, 2.75) is 17.0 Å². The molecule has 6 nitrogen and oxygen atoms in total. The van der Waals surface area contributed by atoms with E-state index in [1.165, 1.54) is 11.8 Å². The van der Waals surface area contributed by atoms with Crippen LogP contribution in [0.15, 0.2) is 28.3 Å². The van der Waals surface area contributed by atoms with E-state index in [-0.39, 0.29) is 5.28 Å². The van der Waals surface area contributed by atoms with Gasteiger partial charge in [0.1, 0.15) is 13.2 Å². The Hall–Kier alpha value is -1.73. The molecule has 1 aromatic heterocycles. The van der Waals surface area contributed by atoms with E-state index in [0.29, 0.717) is 30.9 Å². The first-order chi connectivity index (χ1) is 10.2. The molecule has 0 aliphatic carbocycles. The highest BCUT2D eigenvalue weighted by atomic mass is 35.5. The Balaban J connectivity index is 1.83. The number of hydrogen-bond acceptors (Lipinski definition) is 7. The summed E-state index contributed by atoms with van der Waals surface area (Å²) in [5, 5.41) is 3.72. The molecule has 0 radical (unpaired) electrons. The summed E-state index contributed by atoms with van der Waals surface area (Å²) in [6.07, 6.45) is 0. The fourth-order valence-electron chi connectivity index (χ4n) is 1.81. The molecule has 0 fully saturated rings. The van der Waals surface area contributed by atoms with Gasteiger partial charge in [-0.1, -0.05) is 0 Å². The lowest BCUT2D eigenvalue weighted by atomic mass is 10.3. The SMILES string of the molecule is CCNc1nc(Cl)nc(Sc2ccc3c(c2)OCCO3)n1. The van der Waals surface area contributed by atoms with Gasteiger partial charge in [-0.2, -0.15) is 15.0 Å². The predicted octanol–water partition coefficient (Wildman–Crippen LogP) is 2.88. The van der Waals surface area contributed by atoms with Crippen molar-refractivity contribution in [3.05, 3.63) is 23.5 Å². The molecule has 0 unspecified atom stereocenters. The van der Waals surface area contributed by atoms with Crippen LogP contribution in [0.25, 0.3) is 0 Å². The van der Waals surface area contributed by atoms with Crippen LogP contribution in [-0.4, -0.2) is 34.7 Å². The van der Waals surface area contributed by atoms with E-state index in [9.17, 15) is 0 Å². The summed E-state index contributed by atoms with van der Waals surface area (Å²) in [5.41, 5.74) is 0. The van der Waals surface area contributed by atoms with E-state index in [2.05, 4.69) is 20.3 Å². The van der Waals surface area contributed by atoms with Crippen LogP contribution in [0.2, 0.25) is 5.28 Å². The average molecular weight is 325 g/mol. The fraction of sp³-hybridized carbons (Fsp3) is 0.308. The minimum Gasteiger partial charge on any atom is -0.486 e. The third-order valence-electron chi connectivity index (χ3n) is 2.65. The second kappa shape index (κ2) is 6.36. The molecule has 8 heteroatoms. The molecule has 2 heterocycles. The topological polar surface area (TPSA) is 69.2 Å². The molecule has 0 saturated carbocycles. The van der Waals surface area contributed by atoms with Crippen LogP contribution < -0.4 is 14.8 Å². The lowest BCUT2D eigenvalue weighted by molar-refractivity contribution is 0.171. The maximum atomic E-state index is 5.91. The van der Waals surface area contributed by atoms with E-state index in [4.69, 9.17) is 21.1 Å². The average Bonchev–Trinajstić information content (AvgIpc) is 2.47. The summed E-state index contributed by atoms with van der Waals surface area (Å²) < 4.78 is 11.1. The smallest absolute Gasteiger partial charge is 0.228 e. The van der Waals surface area contributed by atoms with E-state index < -0.39 is 0 Å². The largest absolute Gasteiger partial charge is 0.486 e. The molecule has 1 aromatic carbocycles. The van der Waals surface area contributed by atoms with E-state index >= 15 is 0 Å². The van der Waals surface area contributed by atoms with Crippen molar-refractivity contribution < 1.29 is 9.47 Å². The molecular weight excluding hydrogens is 312 g/mol. The van der Waals surface area contributed by atoms with Gasteiger partial charge >= 0.3 is 0 Å². The summed E-state index contributed by atoms with van der Waals surface area (Å²) in [5.74, 6) is 1.96. The number of ether oxygens (including phenoxy) is 2. The van der Waals surface area contributed by atoms with Gasteiger partial charge in [-0.25, -0.2) is 0 Å². The molecule has 0 bridgehead atoms. The Morgan fingerprint density at radius 1 is 1.19 bits per heavy atom. The maximum absolute atomic E-state index is 5.91. The fourth-order valence-corrected chi connectivity index (χ4v) is 2.79. The van der Waals surface area contributed by atoms with E-state index in [1.807, 2.05) is 25.1 Å². The summed E-state index contributed by atoms with van der Waals surface area (Å²) >= 11 is 7.30. The summed E-state index contributed by atoms with van der Waals surface area (Å²) in [4.78, 5) is 13.4. The van der Waals surface area contributed by atoms with Crippen molar-refractivity contribution in [1.29, 1.82) is 0 Å². The molecule has 2 aromatic rings. The standard InChI is InChI=1S/C13H13ClN4O2S/c1-2-15-12-16-11(14)17-13(18-12)21-8-3-4-9-10(7-8)20-6-5-19-9/h3-4,7H,2,5-6H2,1H3,(H,15,16,17,18). The third-order valence-corrected chi connectivity index (χ3v) is 3.67. The molecule has 0 spiro atoms. The molecule has 110 valence electrons. The summed E-state index contributed by atoms with van der Waals surface area (Å²) in [7, 11) is 0. The first-order valence-electron chi connectivity index (χ1n) is 6.47. The Kier molecular flexibility index (Phi) is 4.31. The molecule has 0 saturated heterocycles. The Bertz CT molecular complexity index is 656. The van der Waals surface area contributed by atoms with Gasteiger partial charge in [-0.15, -0.1) is 0 Å². The zero-order valence-electron chi connectivity index (χ0n) is 11.3. The highest BCUT2D eigenvalue weighted by Crippen LogP contribution is 2.36. The summed E-state index contributed by atoms with van der Waals surface area (Å²) in [6, 6.07) is 5.72. The molecule has 0 amide bonds. The van der Waals surface area contributed by atoms with Gasteiger partial charge in [-0.05, 0) is 48.5 Å². The van der Waals surface area contributed by atoms with Crippen molar-refractivity contribution in [3.63, 3.8) is 0 Å². The number of rotatable bonds is 4. The predicted molar refractivity (Wildman–Crippen MR) is 80.6 cm³/mol. The number of fused-ring (bicyclic) bond motifs is 1. The van der Waals surface area contributed by atoms with Crippen LogP contribution in [0.1, 0.15) is 6.92 Å². The van der Waals surface area contributed by atoms with Crippen molar-refractivity contribution in [2.75, 3.05) is 25.1 Å². The zero-order chi connectivity index (χ0) is 14.7. The highest BCUT2D eigenvalue weighted by Gasteiger charge is 2.13. The second-order valence-corrected chi connectivity index (χ2v) is 5.53. The van der Waals surface area contributed by atoms with Gasteiger partial charge in [-0.3, -0.25) is 0 Å². The number of aromatic nitrogens is 3. The van der Waals surface area contributed by atoms with Crippen molar-refractivity contribution in [3.8, 4) is 11.5 Å². The summed E-state index contributed by atoms with van der Waals surface area (Å²) in [6.45, 7) is 3.82. The number of anilines is 1. The zero-order valence-corrected chi connectivity index (χ0v) is 12.9. The Labute approximate surface area is 131 Å². The lowest BCUT2D eigenvalue weighted by Gasteiger charge is -2.18. The third kappa shape index (κ3) is 3.48. The molecule has 1 aliphatic rings. The molecule has 0 atom stereocenters. The van der Waals surface area contributed by atoms with Gasteiger partial charge in [0, 0.05) is 11.4 Å². The number of hydrogen-bond donors (Lipinski definition) is 1. The number of halogens is 1. The monoisotopic (exact) mass is 324 g/mol. The van der Waals surface area contributed by atoms with Crippen molar-refractivity contribution >= 4 is 29.3 Å². The molecule has 1 aliphatic heterocycles. The van der Waals surface area contributed by atoms with Crippen LogP contribution >= 0.6 is 23.4 Å². The molecule has 3 rings (SSSR count). The van der Waals surface area contributed by atoms with Gasteiger partial charge < -0.3 is 14.8 Å². The second-order valence-electron chi connectivity index (χ2n) is 4.15. The Morgan fingerprint density at radius 2 is 2.00 bits per heavy atom. The first-order valence-corrected chi connectivity index (χ1v) is 7.67. The van der Waals surface area contributed by atoms with Gasteiger partial charge in [0.05, 0.1) is 0 Å². The minimum absolute atomic E-state index is 0.168. The van der Waals surface area contributed by atoms with Crippen LogP contribution in [0, 0.1) is 0 Å². The van der Waals surface area contributed by atoms with Crippen LogP contribution in [0.3, 0.4) is 0 Å². The van der Waals surface area contributed by atoms with Crippen molar-refractivity contribution in [1.82, 2.24) is 15.0 Å². The molecule has 1 N–H and O–H groups in total.